The number of fused-ring (bicyclic) bond motifs is 1. The van der Waals surface area contributed by atoms with Gasteiger partial charge in [-0.15, -0.1) is 10.2 Å². The van der Waals surface area contributed by atoms with E-state index in [4.69, 9.17) is 18.0 Å². The molecule has 1 aliphatic rings. The summed E-state index contributed by atoms with van der Waals surface area (Å²) in [7, 11) is 0. The van der Waals surface area contributed by atoms with Crippen LogP contribution < -0.4 is 5.73 Å². The summed E-state index contributed by atoms with van der Waals surface area (Å²) in [6, 6.07) is 0. The minimum absolute atomic E-state index is 0.607. The van der Waals surface area contributed by atoms with Crippen LogP contribution in [0.2, 0.25) is 0 Å². The van der Waals surface area contributed by atoms with E-state index in [2.05, 4.69) is 19.7 Å². The molecule has 0 radical (unpaired) electrons. The fourth-order valence-corrected chi connectivity index (χ4v) is 1.93. The van der Waals surface area contributed by atoms with Gasteiger partial charge in [0.1, 0.15) is 12.2 Å². The zero-order chi connectivity index (χ0) is 10.7. The average molecular weight is 225 g/mol. The summed E-state index contributed by atoms with van der Waals surface area (Å²) in [5.41, 5.74) is 5.45. The fraction of sp³-hybridized carbons (Fsp3) is 0.667. The van der Waals surface area contributed by atoms with E-state index in [-0.39, 0.29) is 0 Å². The Morgan fingerprint density at radius 2 is 2.40 bits per heavy atom. The van der Waals surface area contributed by atoms with Crippen LogP contribution in [-0.4, -0.2) is 37.7 Å². The third kappa shape index (κ3) is 2.73. The molecule has 0 saturated carbocycles. The van der Waals surface area contributed by atoms with Crippen molar-refractivity contribution < 1.29 is 0 Å². The van der Waals surface area contributed by atoms with Crippen LogP contribution in [0.15, 0.2) is 6.33 Å². The van der Waals surface area contributed by atoms with Crippen LogP contribution in [-0.2, 0) is 13.1 Å². The third-order valence-electron chi connectivity index (χ3n) is 2.62. The number of hydrogen-bond acceptors (Lipinski definition) is 4. The smallest absolute Gasteiger partial charge is 0.147 e. The maximum Gasteiger partial charge on any atom is 0.147 e. The van der Waals surface area contributed by atoms with Gasteiger partial charge in [0.15, 0.2) is 0 Å². The predicted molar refractivity (Wildman–Crippen MR) is 61.3 cm³/mol. The van der Waals surface area contributed by atoms with Crippen molar-refractivity contribution in [3.05, 3.63) is 12.2 Å². The molecule has 15 heavy (non-hydrogen) atoms. The van der Waals surface area contributed by atoms with E-state index in [1.165, 1.54) is 0 Å². The first-order valence-corrected chi connectivity index (χ1v) is 5.54. The van der Waals surface area contributed by atoms with Gasteiger partial charge >= 0.3 is 0 Å². The molecule has 2 N–H and O–H groups in total. The summed E-state index contributed by atoms with van der Waals surface area (Å²) in [6.07, 6.45) is 3.66. The van der Waals surface area contributed by atoms with E-state index in [0.717, 1.165) is 44.8 Å². The standard InChI is InChI=1S/C9H15N5S/c10-8(15)2-1-3-13-4-5-14-7-11-12-9(14)6-13/h7H,1-6H2,(H2,10,15). The quantitative estimate of drug-likeness (QED) is 0.740. The predicted octanol–water partition coefficient (Wildman–Crippen LogP) is 0.160. The maximum absolute atomic E-state index is 5.45. The summed E-state index contributed by atoms with van der Waals surface area (Å²) in [4.78, 5) is 2.97. The van der Waals surface area contributed by atoms with Crippen molar-refractivity contribution in [1.82, 2.24) is 19.7 Å². The number of hydrogen-bond donors (Lipinski definition) is 1. The number of aromatic nitrogens is 3. The van der Waals surface area contributed by atoms with Crippen molar-refractivity contribution in [2.24, 2.45) is 5.73 Å². The van der Waals surface area contributed by atoms with Crippen LogP contribution in [0.1, 0.15) is 18.7 Å². The second-order valence-corrected chi connectivity index (χ2v) is 4.31. The van der Waals surface area contributed by atoms with Gasteiger partial charge in [-0.1, -0.05) is 12.2 Å². The van der Waals surface area contributed by atoms with Crippen molar-refractivity contribution in [2.75, 3.05) is 13.1 Å². The molecule has 2 rings (SSSR count). The van der Waals surface area contributed by atoms with Gasteiger partial charge in [-0.2, -0.15) is 0 Å². The zero-order valence-corrected chi connectivity index (χ0v) is 9.41. The van der Waals surface area contributed by atoms with Crippen LogP contribution >= 0.6 is 12.2 Å². The second kappa shape index (κ2) is 4.67. The number of thiocarbonyl (C=S) groups is 1. The molecule has 0 saturated heterocycles. The molecule has 0 atom stereocenters. The van der Waals surface area contributed by atoms with Gasteiger partial charge in [0, 0.05) is 13.1 Å². The van der Waals surface area contributed by atoms with Crippen LogP contribution in [0, 0.1) is 0 Å². The topological polar surface area (TPSA) is 60.0 Å². The van der Waals surface area contributed by atoms with E-state index in [1.54, 1.807) is 6.33 Å². The van der Waals surface area contributed by atoms with Crippen LogP contribution in [0.4, 0.5) is 0 Å². The molecule has 0 aliphatic carbocycles. The lowest BCUT2D eigenvalue weighted by molar-refractivity contribution is 0.216. The van der Waals surface area contributed by atoms with Crippen molar-refractivity contribution in [3.8, 4) is 0 Å². The van der Waals surface area contributed by atoms with Crippen molar-refractivity contribution >= 4 is 17.2 Å². The summed E-state index contributed by atoms with van der Waals surface area (Å²) < 4.78 is 2.10. The minimum Gasteiger partial charge on any atom is -0.393 e. The molecule has 6 heteroatoms. The van der Waals surface area contributed by atoms with Gasteiger partial charge in [0.25, 0.3) is 0 Å². The van der Waals surface area contributed by atoms with E-state index < -0.39 is 0 Å². The molecular weight excluding hydrogens is 210 g/mol. The van der Waals surface area contributed by atoms with Crippen LogP contribution in [0.5, 0.6) is 0 Å². The second-order valence-electron chi connectivity index (χ2n) is 3.79. The van der Waals surface area contributed by atoms with Crippen LogP contribution in [0.3, 0.4) is 0 Å². The van der Waals surface area contributed by atoms with E-state index in [0.29, 0.717) is 4.99 Å². The highest BCUT2D eigenvalue weighted by molar-refractivity contribution is 7.80. The molecule has 1 aromatic rings. The Morgan fingerprint density at radius 3 is 3.20 bits per heavy atom. The molecule has 0 spiro atoms. The first-order chi connectivity index (χ1) is 7.25. The first kappa shape index (κ1) is 10.5. The van der Waals surface area contributed by atoms with Crippen molar-refractivity contribution in [2.45, 2.75) is 25.9 Å². The summed E-state index contributed by atoms with van der Waals surface area (Å²) in [5, 5.41) is 7.96. The van der Waals surface area contributed by atoms with Crippen LogP contribution in [0.25, 0.3) is 0 Å². The van der Waals surface area contributed by atoms with Gasteiger partial charge in [-0.25, -0.2) is 0 Å². The lowest BCUT2D eigenvalue weighted by Gasteiger charge is -2.26. The van der Waals surface area contributed by atoms with Crippen molar-refractivity contribution in [3.63, 3.8) is 0 Å². The lowest BCUT2D eigenvalue weighted by Crippen LogP contribution is -2.34. The molecule has 5 nitrogen and oxygen atoms in total. The highest BCUT2D eigenvalue weighted by Gasteiger charge is 2.16. The molecule has 0 unspecified atom stereocenters. The summed E-state index contributed by atoms with van der Waals surface area (Å²) in [6.45, 7) is 3.96. The molecule has 1 aliphatic heterocycles. The number of nitrogens with two attached hydrogens (primary N) is 1. The Hall–Kier alpha value is -1.01. The maximum atomic E-state index is 5.45. The molecule has 0 aromatic carbocycles. The van der Waals surface area contributed by atoms with Gasteiger partial charge in [0.2, 0.25) is 0 Å². The Bertz CT molecular complexity index is 348. The molecule has 0 fully saturated rings. The molecule has 2 heterocycles. The SMILES string of the molecule is NC(=S)CCCN1CCn2cnnc2C1. The number of nitrogens with zero attached hydrogens (tertiary/aromatic N) is 4. The largest absolute Gasteiger partial charge is 0.393 e. The van der Waals surface area contributed by atoms with E-state index in [9.17, 15) is 0 Å². The Balaban J connectivity index is 1.80. The molecular formula is C9H15N5S. The third-order valence-corrected chi connectivity index (χ3v) is 2.82. The molecule has 0 bridgehead atoms. The first-order valence-electron chi connectivity index (χ1n) is 5.13. The van der Waals surface area contributed by atoms with Crippen molar-refractivity contribution in [1.29, 1.82) is 0 Å². The monoisotopic (exact) mass is 225 g/mol. The summed E-state index contributed by atoms with van der Waals surface area (Å²) in [5.74, 6) is 1.05. The van der Waals surface area contributed by atoms with Gasteiger partial charge in [0.05, 0.1) is 11.5 Å². The van der Waals surface area contributed by atoms with E-state index >= 15 is 0 Å². The average Bonchev–Trinajstić information content (AvgIpc) is 2.64. The molecule has 82 valence electrons. The zero-order valence-electron chi connectivity index (χ0n) is 8.59. The number of rotatable bonds is 4. The Morgan fingerprint density at radius 1 is 1.53 bits per heavy atom. The van der Waals surface area contributed by atoms with Gasteiger partial charge in [-0.05, 0) is 19.4 Å². The fourth-order valence-electron chi connectivity index (χ4n) is 1.78. The Kier molecular flexibility index (Phi) is 3.27. The highest BCUT2D eigenvalue weighted by atomic mass is 32.1. The Labute approximate surface area is 94.3 Å². The normalized spacial score (nSPS) is 16.3. The van der Waals surface area contributed by atoms with E-state index in [1.807, 2.05) is 0 Å². The van der Waals surface area contributed by atoms with Gasteiger partial charge < -0.3 is 10.3 Å². The minimum atomic E-state index is 0.607. The van der Waals surface area contributed by atoms with Gasteiger partial charge in [-0.3, -0.25) is 4.90 Å². The highest BCUT2D eigenvalue weighted by Crippen LogP contribution is 2.09. The molecule has 1 aromatic heterocycles. The lowest BCUT2D eigenvalue weighted by atomic mass is 10.2. The molecule has 0 amide bonds. The summed E-state index contributed by atoms with van der Waals surface area (Å²) >= 11 is 4.84.